The first kappa shape index (κ1) is 13.8. The minimum Gasteiger partial charge on any atom is -0.409 e. The number of amides is 1. The Balaban J connectivity index is 2.78. The summed E-state index contributed by atoms with van der Waals surface area (Å²) in [5, 5.41) is 14.1. The van der Waals surface area contributed by atoms with Gasteiger partial charge in [0, 0.05) is 12.3 Å². The van der Waals surface area contributed by atoms with Gasteiger partial charge in [0.1, 0.15) is 0 Å². The first-order valence-electron chi connectivity index (χ1n) is 5.55. The second-order valence-corrected chi connectivity index (χ2v) is 3.78. The van der Waals surface area contributed by atoms with Crippen molar-refractivity contribution in [3.63, 3.8) is 0 Å². The van der Waals surface area contributed by atoms with E-state index in [0.717, 1.165) is 6.42 Å². The van der Waals surface area contributed by atoms with Crippen molar-refractivity contribution in [3.05, 3.63) is 34.2 Å². The summed E-state index contributed by atoms with van der Waals surface area (Å²) in [6.45, 7) is 1.92. The Morgan fingerprint density at radius 3 is 2.83 bits per heavy atom. The molecule has 0 aliphatic carbocycles. The smallest absolute Gasteiger partial charge is 0.253 e. The van der Waals surface area contributed by atoms with Crippen molar-refractivity contribution < 1.29 is 10.0 Å². The van der Waals surface area contributed by atoms with Crippen LogP contribution in [-0.2, 0) is 0 Å². The molecule has 0 saturated carbocycles. The molecule has 0 fully saturated rings. The Hall–Kier alpha value is -2.31. The minimum atomic E-state index is -0.528. The van der Waals surface area contributed by atoms with E-state index in [4.69, 9.17) is 10.9 Å². The molecule has 0 spiro atoms. The molecule has 0 radical (unpaired) electrons. The molecule has 1 rings (SSSR count). The number of nitrogens with one attached hydrogen (secondary N) is 2. The van der Waals surface area contributed by atoms with Crippen molar-refractivity contribution in [1.82, 2.24) is 10.3 Å². The molecule has 0 saturated heterocycles. The lowest BCUT2D eigenvalue weighted by Gasteiger charge is -2.16. The van der Waals surface area contributed by atoms with Gasteiger partial charge in [-0.1, -0.05) is 18.5 Å². The number of nitrogens with zero attached hydrogens (tertiary/aromatic N) is 1. The van der Waals surface area contributed by atoms with Gasteiger partial charge in [-0.3, -0.25) is 9.59 Å². The van der Waals surface area contributed by atoms with Crippen LogP contribution in [0, 0.1) is 0 Å². The van der Waals surface area contributed by atoms with E-state index in [1.165, 1.54) is 18.3 Å². The molecule has 1 unspecified atom stereocenters. The van der Waals surface area contributed by atoms with Gasteiger partial charge in [-0.05, 0) is 12.5 Å². The lowest BCUT2D eigenvalue weighted by molar-refractivity contribution is 0.0944. The standard InChI is InChI=1S/C11H16N4O3/c1-2-3-8(10(12)15-18)14-11(17)7-4-5-9(16)13-6-7/h4-6,8,18H,2-3H2,1H3,(H2,12,15)(H,13,16)(H,14,17). The van der Waals surface area contributed by atoms with Crippen LogP contribution in [0.1, 0.15) is 30.1 Å². The largest absolute Gasteiger partial charge is 0.409 e. The highest BCUT2D eigenvalue weighted by Gasteiger charge is 2.16. The molecule has 1 aromatic heterocycles. The molecule has 0 aromatic carbocycles. The molecule has 0 aliphatic heterocycles. The van der Waals surface area contributed by atoms with Crippen LogP contribution in [0.2, 0.25) is 0 Å². The van der Waals surface area contributed by atoms with Crippen LogP contribution in [0.15, 0.2) is 28.3 Å². The maximum Gasteiger partial charge on any atom is 0.253 e. The summed E-state index contributed by atoms with van der Waals surface area (Å²) in [4.78, 5) is 25.1. The van der Waals surface area contributed by atoms with Crippen LogP contribution in [0.5, 0.6) is 0 Å². The molecule has 98 valence electrons. The fourth-order valence-corrected chi connectivity index (χ4v) is 1.45. The van der Waals surface area contributed by atoms with E-state index in [0.29, 0.717) is 12.0 Å². The van der Waals surface area contributed by atoms with Crippen LogP contribution in [0.3, 0.4) is 0 Å². The molecular formula is C11H16N4O3. The number of nitrogens with two attached hydrogens (primary N) is 1. The number of aromatic amines is 1. The Labute approximate surface area is 104 Å². The maximum atomic E-state index is 11.8. The molecule has 5 N–H and O–H groups in total. The van der Waals surface area contributed by atoms with Crippen molar-refractivity contribution in [3.8, 4) is 0 Å². The number of aromatic nitrogens is 1. The number of H-pyrrole nitrogens is 1. The van der Waals surface area contributed by atoms with Crippen molar-refractivity contribution in [2.75, 3.05) is 0 Å². The van der Waals surface area contributed by atoms with Gasteiger partial charge in [-0.15, -0.1) is 0 Å². The number of pyridine rings is 1. The molecule has 1 atom stereocenters. The van der Waals surface area contributed by atoms with Crippen LogP contribution >= 0.6 is 0 Å². The summed E-state index contributed by atoms with van der Waals surface area (Å²) in [7, 11) is 0. The van der Waals surface area contributed by atoms with E-state index < -0.39 is 11.9 Å². The van der Waals surface area contributed by atoms with Gasteiger partial charge in [0.05, 0.1) is 11.6 Å². The van der Waals surface area contributed by atoms with Crippen molar-refractivity contribution in [2.45, 2.75) is 25.8 Å². The minimum absolute atomic E-state index is 0.0466. The van der Waals surface area contributed by atoms with Gasteiger partial charge < -0.3 is 21.2 Å². The number of hydrogen-bond acceptors (Lipinski definition) is 4. The number of amidine groups is 1. The Kier molecular flexibility index (Phi) is 4.91. The fraction of sp³-hybridized carbons (Fsp3) is 0.364. The molecular weight excluding hydrogens is 236 g/mol. The number of hydrogen-bond donors (Lipinski definition) is 4. The van der Waals surface area contributed by atoms with E-state index in [1.54, 1.807) is 0 Å². The van der Waals surface area contributed by atoms with Crippen molar-refractivity contribution in [1.29, 1.82) is 0 Å². The fourth-order valence-electron chi connectivity index (χ4n) is 1.45. The van der Waals surface area contributed by atoms with Crippen LogP contribution in [0.4, 0.5) is 0 Å². The summed E-state index contributed by atoms with van der Waals surface area (Å²) >= 11 is 0. The zero-order valence-corrected chi connectivity index (χ0v) is 10.0. The molecule has 7 nitrogen and oxygen atoms in total. The van der Waals surface area contributed by atoms with Gasteiger partial charge in [0.25, 0.3) is 5.91 Å². The first-order chi connectivity index (χ1) is 8.58. The third-order valence-electron chi connectivity index (χ3n) is 2.40. The number of oxime groups is 1. The number of carbonyl (C=O) groups excluding carboxylic acids is 1. The second kappa shape index (κ2) is 6.43. The Bertz CT molecular complexity index is 475. The van der Waals surface area contributed by atoms with Gasteiger partial charge in [-0.25, -0.2) is 0 Å². The quantitative estimate of drug-likeness (QED) is 0.255. The van der Waals surface area contributed by atoms with E-state index in [9.17, 15) is 9.59 Å². The van der Waals surface area contributed by atoms with E-state index in [2.05, 4.69) is 15.5 Å². The Morgan fingerprint density at radius 2 is 2.33 bits per heavy atom. The third-order valence-corrected chi connectivity index (χ3v) is 2.40. The summed E-state index contributed by atoms with van der Waals surface area (Å²) in [5.41, 5.74) is 5.50. The number of carbonyl (C=O) groups is 1. The maximum absolute atomic E-state index is 11.8. The number of rotatable bonds is 5. The lowest BCUT2D eigenvalue weighted by atomic mass is 10.1. The average molecular weight is 252 g/mol. The van der Waals surface area contributed by atoms with E-state index in [-0.39, 0.29) is 11.4 Å². The SMILES string of the molecule is CCCC(NC(=O)c1ccc(=O)[nH]c1)/C(N)=N/O. The summed E-state index contributed by atoms with van der Waals surface area (Å²) in [6.07, 6.45) is 2.64. The summed E-state index contributed by atoms with van der Waals surface area (Å²) in [5.74, 6) is -0.439. The summed E-state index contributed by atoms with van der Waals surface area (Å²) < 4.78 is 0. The average Bonchev–Trinajstić information content (AvgIpc) is 2.38. The predicted molar refractivity (Wildman–Crippen MR) is 66.6 cm³/mol. The van der Waals surface area contributed by atoms with Gasteiger partial charge >= 0.3 is 0 Å². The molecule has 18 heavy (non-hydrogen) atoms. The molecule has 1 heterocycles. The van der Waals surface area contributed by atoms with E-state index in [1.807, 2.05) is 6.92 Å². The predicted octanol–water partition coefficient (Wildman–Crippen LogP) is 0.0198. The highest BCUT2D eigenvalue weighted by molar-refractivity contribution is 5.97. The highest BCUT2D eigenvalue weighted by Crippen LogP contribution is 2.00. The van der Waals surface area contributed by atoms with Crippen molar-refractivity contribution >= 4 is 11.7 Å². The second-order valence-electron chi connectivity index (χ2n) is 3.78. The van der Waals surface area contributed by atoms with Crippen LogP contribution in [-0.4, -0.2) is 28.0 Å². The molecule has 7 heteroatoms. The normalized spacial score (nSPS) is 13.1. The lowest BCUT2D eigenvalue weighted by Crippen LogP contribution is -2.44. The first-order valence-corrected chi connectivity index (χ1v) is 5.55. The van der Waals surface area contributed by atoms with Crippen LogP contribution < -0.4 is 16.6 Å². The monoisotopic (exact) mass is 252 g/mol. The summed E-state index contributed by atoms with van der Waals surface area (Å²) in [6, 6.07) is 2.14. The van der Waals surface area contributed by atoms with Crippen LogP contribution in [0.25, 0.3) is 0 Å². The topological polar surface area (TPSA) is 121 Å². The zero-order chi connectivity index (χ0) is 13.5. The van der Waals surface area contributed by atoms with Crippen molar-refractivity contribution in [2.24, 2.45) is 10.9 Å². The third kappa shape index (κ3) is 3.62. The molecule has 1 amide bonds. The van der Waals surface area contributed by atoms with Gasteiger partial charge in [0.15, 0.2) is 5.84 Å². The molecule has 0 aliphatic rings. The zero-order valence-electron chi connectivity index (χ0n) is 10.0. The molecule has 0 bridgehead atoms. The van der Waals surface area contributed by atoms with E-state index >= 15 is 0 Å². The Morgan fingerprint density at radius 1 is 1.61 bits per heavy atom. The highest BCUT2D eigenvalue weighted by atomic mass is 16.4. The molecule has 1 aromatic rings. The van der Waals surface area contributed by atoms with Gasteiger partial charge in [-0.2, -0.15) is 0 Å². The van der Waals surface area contributed by atoms with Gasteiger partial charge in [0.2, 0.25) is 5.56 Å².